The third-order valence-electron chi connectivity index (χ3n) is 0.699. The van der Waals surface area contributed by atoms with Gasteiger partial charge < -0.3 is 9.47 Å². The first-order valence-electron chi connectivity index (χ1n) is 2.83. The normalized spacial score (nSPS) is 8.20. The molecular weight excluding hydrogens is 132 g/mol. The van der Waals surface area contributed by atoms with Crippen LogP contribution in [0.5, 0.6) is 0 Å². The summed E-state index contributed by atoms with van der Waals surface area (Å²) in [5, 5.41) is 0. The van der Waals surface area contributed by atoms with E-state index < -0.39 is 0 Å². The van der Waals surface area contributed by atoms with Crippen LogP contribution in [0.25, 0.3) is 0 Å². The number of methoxy groups -OCH3 is 1. The molecule has 0 aromatic rings. The molecule has 0 heterocycles. The van der Waals surface area contributed by atoms with Crippen molar-refractivity contribution in [1.82, 2.24) is 0 Å². The van der Waals surface area contributed by atoms with Gasteiger partial charge in [0.15, 0.2) is 0 Å². The summed E-state index contributed by atoms with van der Waals surface area (Å²) in [5.74, 6) is 4.59. The minimum atomic E-state index is -0.223. The highest BCUT2D eigenvalue weighted by Crippen LogP contribution is 1.76. The second-order valence-corrected chi connectivity index (χ2v) is 1.55. The van der Waals surface area contributed by atoms with Crippen LogP contribution in [0.4, 0.5) is 0 Å². The summed E-state index contributed by atoms with van der Waals surface area (Å²) in [5.41, 5.74) is 0. The second-order valence-electron chi connectivity index (χ2n) is 1.55. The van der Waals surface area contributed by atoms with Gasteiger partial charge in [-0.1, -0.05) is 5.92 Å². The molecule has 3 heteroatoms. The lowest BCUT2D eigenvalue weighted by molar-refractivity contribution is -0.122. The zero-order valence-corrected chi connectivity index (χ0v) is 6.14. The van der Waals surface area contributed by atoms with Crippen LogP contribution in [-0.2, 0) is 14.3 Å². The summed E-state index contributed by atoms with van der Waals surface area (Å²) in [4.78, 5) is 10.6. The van der Waals surface area contributed by atoms with Gasteiger partial charge in [0, 0.05) is 7.11 Å². The number of rotatable bonds is 4. The highest BCUT2D eigenvalue weighted by Gasteiger charge is 1.93. The lowest BCUT2D eigenvalue weighted by Crippen LogP contribution is -2.07. The van der Waals surface area contributed by atoms with Crippen LogP contribution in [0.2, 0.25) is 0 Å². The maximum absolute atomic E-state index is 10.6. The Bertz CT molecular complexity index is 152. The van der Waals surface area contributed by atoms with Gasteiger partial charge in [0.25, 0.3) is 0 Å². The first-order valence-corrected chi connectivity index (χ1v) is 2.83. The minimum Gasteiger partial charge on any atom is -0.359 e. The fourth-order valence-corrected chi connectivity index (χ4v) is 0.393. The summed E-state index contributed by atoms with van der Waals surface area (Å²) >= 11 is 0. The largest absolute Gasteiger partial charge is 0.359 e. The number of ether oxygens (including phenoxy) is 2. The molecule has 3 nitrogen and oxygen atoms in total. The SMILES string of the molecule is CC#CC(=O)COCOC. The molecule has 0 unspecified atom stereocenters. The Morgan fingerprint density at radius 2 is 2.30 bits per heavy atom. The third-order valence-corrected chi connectivity index (χ3v) is 0.699. The first-order chi connectivity index (χ1) is 4.81. The van der Waals surface area contributed by atoms with Gasteiger partial charge in [-0.05, 0) is 12.8 Å². The van der Waals surface area contributed by atoms with Crippen LogP contribution in [0.1, 0.15) is 6.92 Å². The predicted molar refractivity (Wildman–Crippen MR) is 36.3 cm³/mol. The van der Waals surface area contributed by atoms with Crippen molar-refractivity contribution in [1.29, 1.82) is 0 Å². The maximum Gasteiger partial charge on any atom is 0.231 e. The van der Waals surface area contributed by atoms with E-state index >= 15 is 0 Å². The van der Waals surface area contributed by atoms with E-state index in [1.54, 1.807) is 6.92 Å². The molecule has 0 aromatic carbocycles. The molecule has 0 amide bonds. The van der Waals surface area contributed by atoms with Gasteiger partial charge in [0.2, 0.25) is 5.78 Å². The van der Waals surface area contributed by atoms with Gasteiger partial charge >= 0.3 is 0 Å². The van der Waals surface area contributed by atoms with Crippen molar-refractivity contribution < 1.29 is 14.3 Å². The van der Waals surface area contributed by atoms with E-state index in [1.807, 2.05) is 0 Å². The van der Waals surface area contributed by atoms with E-state index in [4.69, 9.17) is 4.74 Å². The van der Waals surface area contributed by atoms with Crippen LogP contribution in [0.3, 0.4) is 0 Å². The van der Waals surface area contributed by atoms with Crippen LogP contribution in [0, 0.1) is 11.8 Å². The summed E-state index contributed by atoms with van der Waals surface area (Å²) in [6.07, 6.45) is 0. The molecule has 0 spiro atoms. The van der Waals surface area contributed by atoms with E-state index in [0.29, 0.717) is 0 Å². The van der Waals surface area contributed by atoms with E-state index in [-0.39, 0.29) is 19.2 Å². The molecular formula is C7H10O3. The molecule has 0 rings (SSSR count). The predicted octanol–water partition coefficient (Wildman–Crippen LogP) is 0.199. The Balaban J connectivity index is 3.28. The Morgan fingerprint density at radius 3 is 2.80 bits per heavy atom. The van der Waals surface area contributed by atoms with Crippen molar-refractivity contribution in [2.24, 2.45) is 0 Å². The molecule has 0 aliphatic rings. The van der Waals surface area contributed by atoms with E-state index in [9.17, 15) is 4.79 Å². The van der Waals surface area contributed by atoms with Crippen LogP contribution in [0.15, 0.2) is 0 Å². The van der Waals surface area contributed by atoms with Crippen molar-refractivity contribution >= 4 is 5.78 Å². The van der Waals surface area contributed by atoms with Gasteiger partial charge in [-0.15, -0.1) is 0 Å². The van der Waals surface area contributed by atoms with E-state index in [0.717, 1.165) is 0 Å². The molecule has 56 valence electrons. The second kappa shape index (κ2) is 6.27. The number of hydrogen-bond donors (Lipinski definition) is 0. The van der Waals surface area contributed by atoms with Gasteiger partial charge in [-0.3, -0.25) is 4.79 Å². The molecule has 0 saturated heterocycles. The third kappa shape index (κ3) is 5.29. The summed E-state index contributed by atoms with van der Waals surface area (Å²) in [6.45, 7) is 1.75. The Labute approximate surface area is 60.3 Å². The number of hydrogen-bond acceptors (Lipinski definition) is 3. The quantitative estimate of drug-likeness (QED) is 0.243. The molecule has 0 fully saturated rings. The Hall–Kier alpha value is -0.850. The van der Waals surface area contributed by atoms with Crippen LogP contribution >= 0.6 is 0 Å². The zero-order valence-electron chi connectivity index (χ0n) is 6.14. The number of ketones is 1. The molecule has 0 aliphatic heterocycles. The number of carbonyl (C=O) groups is 1. The van der Waals surface area contributed by atoms with Crippen LogP contribution in [-0.4, -0.2) is 26.3 Å². The molecule has 0 bridgehead atoms. The van der Waals surface area contributed by atoms with Crippen molar-refractivity contribution in [2.75, 3.05) is 20.5 Å². The number of carbonyl (C=O) groups excluding carboxylic acids is 1. The van der Waals surface area contributed by atoms with Crippen molar-refractivity contribution in [3.05, 3.63) is 0 Å². The molecule has 0 N–H and O–H groups in total. The lowest BCUT2D eigenvalue weighted by atomic mass is 10.4. The molecule has 10 heavy (non-hydrogen) atoms. The first kappa shape index (κ1) is 9.15. The Morgan fingerprint density at radius 1 is 1.60 bits per heavy atom. The topological polar surface area (TPSA) is 35.5 Å². The highest BCUT2D eigenvalue weighted by molar-refractivity contribution is 5.96. The minimum absolute atomic E-state index is 0.00861. The van der Waals surface area contributed by atoms with Gasteiger partial charge in [-0.2, -0.15) is 0 Å². The summed E-state index contributed by atoms with van der Waals surface area (Å²) in [6, 6.07) is 0. The molecule has 0 aliphatic carbocycles. The van der Waals surface area contributed by atoms with Gasteiger partial charge in [0.05, 0.1) is 0 Å². The van der Waals surface area contributed by atoms with E-state index in [1.165, 1.54) is 7.11 Å². The summed E-state index contributed by atoms with van der Waals surface area (Å²) in [7, 11) is 1.50. The van der Waals surface area contributed by atoms with Crippen molar-refractivity contribution in [3.8, 4) is 11.8 Å². The number of Topliss-reactive ketones (excluding diaryl/α,β-unsaturated/α-hetero) is 1. The standard InChI is InChI=1S/C7H10O3/c1-3-4-7(8)5-10-6-9-2/h5-6H2,1-2H3. The zero-order chi connectivity index (χ0) is 7.82. The lowest BCUT2D eigenvalue weighted by Gasteiger charge is -1.95. The Kier molecular flexibility index (Phi) is 5.74. The van der Waals surface area contributed by atoms with Crippen LogP contribution < -0.4 is 0 Å². The monoisotopic (exact) mass is 142 g/mol. The highest BCUT2D eigenvalue weighted by atomic mass is 16.7. The van der Waals surface area contributed by atoms with E-state index in [2.05, 4.69) is 16.6 Å². The smallest absolute Gasteiger partial charge is 0.231 e. The van der Waals surface area contributed by atoms with Crippen molar-refractivity contribution in [3.63, 3.8) is 0 Å². The van der Waals surface area contributed by atoms with Gasteiger partial charge in [0.1, 0.15) is 13.4 Å². The summed E-state index contributed by atoms with van der Waals surface area (Å²) < 4.78 is 9.27. The van der Waals surface area contributed by atoms with Crippen molar-refractivity contribution in [2.45, 2.75) is 6.92 Å². The molecule has 0 radical (unpaired) electrons. The average molecular weight is 142 g/mol. The fourth-order valence-electron chi connectivity index (χ4n) is 0.393. The molecule has 0 saturated carbocycles. The molecule has 0 atom stereocenters. The average Bonchev–Trinajstić information content (AvgIpc) is 1.89. The fraction of sp³-hybridized carbons (Fsp3) is 0.571. The molecule has 0 aromatic heterocycles. The maximum atomic E-state index is 10.6. The van der Waals surface area contributed by atoms with Gasteiger partial charge in [-0.25, -0.2) is 0 Å².